The molecule has 0 aliphatic heterocycles. The van der Waals surface area contributed by atoms with Gasteiger partial charge in [-0.2, -0.15) is 0 Å². The van der Waals surface area contributed by atoms with Crippen molar-refractivity contribution in [3.63, 3.8) is 0 Å². The summed E-state index contributed by atoms with van der Waals surface area (Å²) in [5, 5.41) is 3.44. The number of rotatable bonds is 6. The molecular formula is C27H27N3O3S. The maximum Gasteiger partial charge on any atom is 0.266 e. The number of para-hydroxylation sites is 1. The Kier molecular flexibility index (Phi) is 6.75. The lowest BCUT2D eigenvalue weighted by Crippen LogP contribution is -2.26. The highest BCUT2D eigenvalue weighted by atomic mass is 32.2. The van der Waals surface area contributed by atoms with Crippen LogP contribution in [0.4, 0.5) is 5.69 Å². The standard InChI is InChI=1S/C27H27N3O3S/c1-16-10-12-23(18(3)14-16)30-26(32)20-8-6-7-9-21(20)29-27(30)34-19(4)25(31)28-22-15-17(2)11-13-24(22)33-5/h6-15,19H,1-5H3,(H,28,31). The summed E-state index contributed by atoms with van der Waals surface area (Å²) in [7, 11) is 1.57. The van der Waals surface area contributed by atoms with Crippen molar-refractivity contribution in [2.45, 2.75) is 38.1 Å². The average molecular weight is 474 g/mol. The van der Waals surface area contributed by atoms with Crippen molar-refractivity contribution in [2.24, 2.45) is 0 Å². The van der Waals surface area contributed by atoms with Gasteiger partial charge in [-0.1, -0.05) is 47.7 Å². The van der Waals surface area contributed by atoms with Gasteiger partial charge in [0.1, 0.15) is 5.75 Å². The second-order valence-electron chi connectivity index (χ2n) is 8.30. The Bertz CT molecular complexity index is 1450. The van der Waals surface area contributed by atoms with Gasteiger partial charge in [-0.15, -0.1) is 0 Å². The molecule has 34 heavy (non-hydrogen) atoms. The maximum absolute atomic E-state index is 13.5. The number of carbonyl (C=O) groups is 1. The second-order valence-corrected chi connectivity index (χ2v) is 9.60. The molecule has 1 aromatic heterocycles. The van der Waals surface area contributed by atoms with Gasteiger partial charge in [0.25, 0.3) is 5.56 Å². The summed E-state index contributed by atoms with van der Waals surface area (Å²) >= 11 is 1.25. The molecule has 0 radical (unpaired) electrons. The molecule has 0 bridgehead atoms. The highest BCUT2D eigenvalue weighted by Crippen LogP contribution is 2.29. The smallest absolute Gasteiger partial charge is 0.266 e. The van der Waals surface area contributed by atoms with Gasteiger partial charge in [0, 0.05) is 0 Å². The fourth-order valence-corrected chi connectivity index (χ4v) is 4.75. The number of hydrogen-bond acceptors (Lipinski definition) is 5. The van der Waals surface area contributed by atoms with E-state index in [1.807, 2.05) is 75.4 Å². The molecule has 1 amide bonds. The van der Waals surface area contributed by atoms with Crippen molar-refractivity contribution in [1.82, 2.24) is 9.55 Å². The van der Waals surface area contributed by atoms with Crippen LogP contribution < -0.4 is 15.6 Å². The summed E-state index contributed by atoms with van der Waals surface area (Å²) in [6, 6.07) is 18.8. The SMILES string of the molecule is COc1ccc(C)cc1NC(=O)C(C)Sc1nc2ccccc2c(=O)n1-c1ccc(C)cc1C. The Balaban J connectivity index is 1.74. The first-order valence-electron chi connectivity index (χ1n) is 11.0. The number of hydrogen-bond donors (Lipinski definition) is 1. The van der Waals surface area contributed by atoms with Gasteiger partial charge in [-0.25, -0.2) is 4.98 Å². The zero-order valence-corrected chi connectivity index (χ0v) is 20.7. The van der Waals surface area contributed by atoms with Crippen LogP contribution in [0.1, 0.15) is 23.6 Å². The zero-order chi connectivity index (χ0) is 24.4. The third-order valence-electron chi connectivity index (χ3n) is 5.60. The summed E-state index contributed by atoms with van der Waals surface area (Å²) in [5.41, 5.74) is 4.88. The van der Waals surface area contributed by atoms with Crippen LogP contribution in [0.3, 0.4) is 0 Å². The fourth-order valence-electron chi connectivity index (χ4n) is 3.83. The molecule has 1 unspecified atom stereocenters. The Morgan fingerprint density at radius 3 is 2.47 bits per heavy atom. The van der Waals surface area contributed by atoms with Crippen molar-refractivity contribution in [3.8, 4) is 11.4 Å². The number of thioether (sulfide) groups is 1. The molecule has 6 nitrogen and oxygen atoms in total. The summed E-state index contributed by atoms with van der Waals surface area (Å²) in [5.74, 6) is 0.385. The molecule has 174 valence electrons. The van der Waals surface area contributed by atoms with Gasteiger partial charge in [0.2, 0.25) is 5.91 Å². The molecule has 1 N–H and O–H groups in total. The summed E-state index contributed by atoms with van der Waals surface area (Å²) in [6.45, 7) is 7.74. The van der Waals surface area contributed by atoms with Gasteiger partial charge in [0.15, 0.2) is 5.16 Å². The predicted molar refractivity (Wildman–Crippen MR) is 138 cm³/mol. The van der Waals surface area contributed by atoms with Gasteiger partial charge < -0.3 is 10.1 Å². The number of carbonyl (C=O) groups excluding carboxylic acids is 1. The lowest BCUT2D eigenvalue weighted by Gasteiger charge is -2.18. The molecule has 0 saturated carbocycles. The van der Waals surface area contributed by atoms with Gasteiger partial charge in [-0.05, 0) is 69.2 Å². The number of anilines is 1. The molecule has 3 aromatic carbocycles. The van der Waals surface area contributed by atoms with Crippen LogP contribution in [0.15, 0.2) is 70.6 Å². The van der Waals surface area contributed by atoms with Crippen LogP contribution >= 0.6 is 11.8 Å². The number of nitrogens with zero attached hydrogens (tertiary/aromatic N) is 2. The van der Waals surface area contributed by atoms with E-state index in [4.69, 9.17) is 9.72 Å². The lowest BCUT2D eigenvalue weighted by atomic mass is 10.1. The topological polar surface area (TPSA) is 73.2 Å². The molecule has 0 fully saturated rings. The number of nitrogens with one attached hydrogen (secondary N) is 1. The molecule has 0 spiro atoms. The van der Waals surface area contributed by atoms with E-state index in [2.05, 4.69) is 5.32 Å². The first kappa shape index (κ1) is 23.6. The summed E-state index contributed by atoms with van der Waals surface area (Å²) in [6.07, 6.45) is 0. The highest BCUT2D eigenvalue weighted by Gasteiger charge is 2.22. The van der Waals surface area contributed by atoms with Crippen molar-refractivity contribution in [1.29, 1.82) is 0 Å². The zero-order valence-electron chi connectivity index (χ0n) is 19.9. The van der Waals surface area contributed by atoms with Crippen LogP contribution in [0.2, 0.25) is 0 Å². The second kappa shape index (κ2) is 9.73. The number of methoxy groups -OCH3 is 1. The summed E-state index contributed by atoms with van der Waals surface area (Å²) in [4.78, 5) is 31.4. The van der Waals surface area contributed by atoms with Crippen molar-refractivity contribution in [3.05, 3.63) is 87.7 Å². The number of aryl methyl sites for hydroxylation is 3. The van der Waals surface area contributed by atoms with E-state index in [9.17, 15) is 9.59 Å². The molecule has 4 aromatic rings. The Hall–Kier alpha value is -3.58. The minimum absolute atomic E-state index is 0.159. The van der Waals surface area contributed by atoms with Crippen molar-refractivity contribution in [2.75, 3.05) is 12.4 Å². The first-order valence-corrected chi connectivity index (χ1v) is 11.9. The molecule has 0 aliphatic carbocycles. The molecule has 0 saturated heterocycles. The van der Waals surface area contributed by atoms with E-state index in [-0.39, 0.29) is 11.5 Å². The Morgan fingerprint density at radius 1 is 1.03 bits per heavy atom. The van der Waals surface area contributed by atoms with Crippen LogP contribution in [-0.4, -0.2) is 27.8 Å². The normalized spacial score (nSPS) is 11.9. The number of aromatic nitrogens is 2. The monoisotopic (exact) mass is 473 g/mol. The third-order valence-corrected chi connectivity index (χ3v) is 6.65. The highest BCUT2D eigenvalue weighted by molar-refractivity contribution is 8.00. The minimum atomic E-state index is -0.518. The number of benzene rings is 3. The van der Waals surface area contributed by atoms with Gasteiger partial charge in [-0.3, -0.25) is 14.2 Å². The summed E-state index contributed by atoms with van der Waals surface area (Å²) < 4.78 is 6.99. The van der Waals surface area contributed by atoms with Crippen LogP contribution in [-0.2, 0) is 4.79 Å². The van der Waals surface area contributed by atoms with E-state index in [0.29, 0.717) is 27.5 Å². The van der Waals surface area contributed by atoms with Gasteiger partial charge >= 0.3 is 0 Å². The van der Waals surface area contributed by atoms with Gasteiger partial charge in [0.05, 0.1) is 34.6 Å². The largest absolute Gasteiger partial charge is 0.495 e. The van der Waals surface area contributed by atoms with E-state index in [0.717, 1.165) is 22.4 Å². The number of fused-ring (bicyclic) bond motifs is 1. The van der Waals surface area contributed by atoms with E-state index >= 15 is 0 Å². The quantitative estimate of drug-likeness (QED) is 0.298. The first-order chi connectivity index (χ1) is 16.3. The fraction of sp³-hybridized carbons (Fsp3) is 0.222. The Morgan fingerprint density at radius 2 is 1.74 bits per heavy atom. The van der Waals surface area contributed by atoms with Crippen LogP contribution in [0, 0.1) is 20.8 Å². The third kappa shape index (κ3) is 4.70. The van der Waals surface area contributed by atoms with Crippen LogP contribution in [0.5, 0.6) is 5.75 Å². The molecule has 7 heteroatoms. The van der Waals surface area contributed by atoms with E-state index in [1.54, 1.807) is 24.7 Å². The van der Waals surface area contributed by atoms with Crippen LogP contribution in [0.25, 0.3) is 16.6 Å². The van der Waals surface area contributed by atoms with Crippen molar-refractivity contribution < 1.29 is 9.53 Å². The molecule has 4 rings (SSSR count). The Labute approximate surface area is 203 Å². The lowest BCUT2D eigenvalue weighted by molar-refractivity contribution is -0.115. The van der Waals surface area contributed by atoms with E-state index in [1.165, 1.54) is 11.8 Å². The number of amides is 1. The minimum Gasteiger partial charge on any atom is -0.495 e. The molecule has 1 atom stereocenters. The molecule has 1 heterocycles. The van der Waals surface area contributed by atoms with E-state index < -0.39 is 5.25 Å². The maximum atomic E-state index is 13.5. The molecular weight excluding hydrogens is 446 g/mol. The predicted octanol–water partition coefficient (Wildman–Crippen LogP) is 5.44. The number of ether oxygens (including phenoxy) is 1. The molecule has 0 aliphatic rings. The van der Waals surface area contributed by atoms with Crippen molar-refractivity contribution >= 4 is 34.3 Å². The average Bonchev–Trinajstić information content (AvgIpc) is 2.80.